The molecule has 0 fully saturated rings. The van der Waals surface area contributed by atoms with Gasteiger partial charge in [0.1, 0.15) is 0 Å². The molecule has 4 heteroatoms. The van der Waals surface area contributed by atoms with Crippen LogP contribution in [0.25, 0.3) is 10.9 Å². The molecule has 0 atom stereocenters. The van der Waals surface area contributed by atoms with Gasteiger partial charge < -0.3 is 5.32 Å². The van der Waals surface area contributed by atoms with Gasteiger partial charge in [0.05, 0.1) is 17.8 Å². The Morgan fingerprint density at radius 1 is 1.14 bits per heavy atom. The second-order valence-corrected chi connectivity index (χ2v) is 5.65. The Kier molecular flexibility index (Phi) is 3.67. The van der Waals surface area contributed by atoms with Crippen molar-refractivity contribution >= 4 is 16.8 Å². The molecule has 3 aromatic rings. The molecule has 112 valence electrons. The van der Waals surface area contributed by atoms with Crippen molar-refractivity contribution in [2.45, 2.75) is 20.4 Å². The van der Waals surface area contributed by atoms with E-state index in [2.05, 4.69) is 16.5 Å². The van der Waals surface area contributed by atoms with Crippen molar-refractivity contribution in [2.24, 2.45) is 7.05 Å². The van der Waals surface area contributed by atoms with Crippen LogP contribution in [0.4, 0.5) is 0 Å². The van der Waals surface area contributed by atoms with Crippen molar-refractivity contribution in [3.05, 3.63) is 64.8 Å². The summed E-state index contributed by atoms with van der Waals surface area (Å²) in [6.45, 7) is 4.42. The summed E-state index contributed by atoms with van der Waals surface area (Å²) in [5.74, 6) is -0.0680. The summed E-state index contributed by atoms with van der Waals surface area (Å²) >= 11 is 0. The summed E-state index contributed by atoms with van der Waals surface area (Å²) in [6.07, 6.45) is 0. The molecule has 1 heterocycles. The first-order valence-electron chi connectivity index (χ1n) is 7.32. The molecular weight excluding hydrogens is 274 g/mol. The lowest BCUT2D eigenvalue weighted by Crippen LogP contribution is -2.23. The minimum atomic E-state index is -0.0680. The Labute approximate surface area is 129 Å². The topological polar surface area (TPSA) is 46.9 Å². The number of rotatable bonds is 3. The first-order chi connectivity index (χ1) is 10.5. The summed E-state index contributed by atoms with van der Waals surface area (Å²) in [7, 11) is 1.91. The van der Waals surface area contributed by atoms with Gasteiger partial charge in [-0.2, -0.15) is 5.10 Å². The number of amides is 1. The van der Waals surface area contributed by atoms with Crippen molar-refractivity contribution in [3.63, 3.8) is 0 Å². The van der Waals surface area contributed by atoms with Gasteiger partial charge in [0.15, 0.2) is 0 Å². The molecule has 0 saturated carbocycles. The zero-order valence-corrected chi connectivity index (χ0v) is 13.1. The predicted molar refractivity (Wildman–Crippen MR) is 87.8 cm³/mol. The number of nitrogens with zero attached hydrogens (tertiary/aromatic N) is 2. The van der Waals surface area contributed by atoms with Crippen molar-refractivity contribution in [1.29, 1.82) is 0 Å². The highest BCUT2D eigenvalue weighted by Gasteiger charge is 2.11. The van der Waals surface area contributed by atoms with Gasteiger partial charge >= 0.3 is 0 Å². The lowest BCUT2D eigenvalue weighted by atomic mass is 10.1. The number of hydrogen-bond acceptors (Lipinski definition) is 2. The lowest BCUT2D eigenvalue weighted by Gasteiger charge is -2.06. The van der Waals surface area contributed by atoms with Crippen molar-refractivity contribution in [3.8, 4) is 0 Å². The quantitative estimate of drug-likeness (QED) is 0.806. The minimum absolute atomic E-state index is 0.0680. The zero-order valence-electron chi connectivity index (χ0n) is 13.1. The maximum Gasteiger partial charge on any atom is 0.251 e. The standard InChI is InChI=1S/C18H19N3O/c1-12-8-13(2)10-14(9-12)18(22)19-11-16-15-6-4-5-7-17(15)21(3)20-16/h4-10H,11H2,1-3H3,(H,19,22). The van der Waals surface area contributed by atoms with Crippen LogP contribution in [0, 0.1) is 13.8 Å². The maximum absolute atomic E-state index is 12.3. The van der Waals surface area contributed by atoms with Crippen molar-refractivity contribution < 1.29 is 4.79 Å². The molecule has 1 amide bonds. The van der Waals surface area contributed by atoms with E-state index in [0.29, 0.717) is 12.1 Å². The molecular formula is C18H19N3O. The fraction of sp³-hybridized carbons (Fsp3) is 0.222. The second kappa shape index (κ2) is 5.64. The van der Waals surface area contributed by atoms with E-state index in [9.17, 15) is 4.79 Å². The van der Waals surface area contributed by atoms with Crippen molar-refractivity contribution in [2.75, 3.05) is 0 Å². The van der Waals surface area contributed by atoms with E-state index >= 15 is 0 Å². The average Bonchev–Trinajstić information content (AvgIpc) is 2.81. The number of nitrogens with one attached hydrogen (secondary N) is 1. The molecule has 2 aromatic carbocycles. The van der Waals surface area contributed by atoms with Gasteiger partial charge in [0.2, 0.25) is 0 Å². The third-order valence-corrected chi connectivity index (χ3v) is 3.73. The minimum Gasteiger partial charge on any atom is -0.346 e. The van der Waals surface area contributed by atoms with E-state index in [1.807, 2.05) is 62.0 Å². The van der Waals surface area contributed by atoms with Gasteiger partial charge in [0, 0.05) is 18.0 Å². The van der Waals surface area contributed by atoms with E-state index in [4.69, 9.17) is 0 Å². The Morgan fingerprint density at radius 2 is 1.82 bits per heavy atom. The molecule has 0 aliphatic heterocycles. The van der Waals surface area contributed by atoms with Crippen LogP contribution in [-0.4, -0.2) is 15.7 Å². The molecule has 3 rings (SSSR count). The van der Waals surface area contributed by atoms with Gasteiger partial charge in [-0.05, 0) is 32.0 Å². The van der Waals surface area contributed by atoms with Gasteiger partial charge in [-0.1, -0.05) is 35.4 Å². The smallest absolute Gasteiger partial charge is 0.251 e. The third-order valence-electron chi connectivity index (χ3n) is 3.73. The maximum atomic E-state index is 12.3. The Balaban J connectivity index is 1.80. The SMILES string of the molecule is Cc1cc(C)cc(C(=O)NCc2nn(C)c3ccccc23)c1. The van der Waals surface area contributed by atoms with Crippen LogP contribution in [-0.2, 0) is 13.6 Å². The monoisotopic (exact) mass is 293 g/mol. The number of hydrogen-bond donors (Lipinski definition) is 1. The number of aryl methyl sites for hydroxylation is 3. The predicted octanol–water partition coefficient (Wildman–Crippen LogP) is 3.12. The largest absolute Gasteiger partial charge is 0.346 e. The Hall–Kier alpha value is -2.62. The highest BCUT2D eigenvalue weighted by molar-refractivity contribution is 5.94. The summed E-state index contributed by atoms with van der Waals surface area (Å²) < 4.78 is 1.84. The van der Waals surface area contributed by atoms with Crippen LogP contribution in [0.15, 0.2) is 42.5 Å². The number of carbonyl (C=O) groups excluding carboxylic acids is 1. The molecule has 0 radical (unpaired) electrons. The second-order valence-electron chi connectivity index (χ2n) is 5.65. The van der Waals surface area contributed by atoms with Crippen LogP contribution in [0.2, 0.25) is 0 Å². The van der Waals surface area contributed by atoms with Crippen LogP contribution in [0.5, 0.6) is 0 Å². The van der Waals surface area contributed by atoms with E-state index in [-0.39, 0.29) is 5.91 Å². The Bertz CT molecular complexity index is 828. The zero-order chi connectivity index (χ0) is 15.7. The van der Waals surface area contributed by atoms with E-state index < -0.39 is 0 Å². The third kappa shape index (κ3) is 2.72. The van der Waals surface area contributed by atoms with Crippen LogP contribution in [0.3, 0.4) is 0 Å². The van der Waals surface area contributed by atoms with Gasteiger partial charge in [-0.25, -0.2) is 0 Å². The molecule has 1 aromatic heterocycles. The molecule has 22 heavy (non-hydrogen) atoms. The molecule has 0 bridgehead atoms. The summed E-state index contributed by atoms with van der Waals surface area (Å²) in [5, 5.41) is 8.53. The molecule has 0 saturated heterocycles. The number of aromatic nitrogens is 2. The molecule has 0 spiro atoms. The highest BCUT2D eigenvalue weighted by atomic mass is 16.1. The van der Waals surface area contributed by atoms with E-state index in [0.717, 1.165) is 27.7 Å². The molecule has 4 nitrogen and oxygen atoms in total. The number of para-hydroxylation sites is 1. The first-order valence-corrected chi connectivity index (χ1v) is 7.32. The fourth-order valence-electron chi connectivity index (χ4n) is 2.79. The highest BCUT2D eigenvalue weighted by Crippen LogP contribution is 2.17. The van der Waals surface area contributed by atoms with Gasteiger partial charge in [0.25, 0.3) is 5.91 Å². The first kappa shape index (κ1) is 14.3. The lowest BCUT2D eigenvalue weighted by molar-refractivity contribution is 0.0950. The Morgan fingerprint density at radius 3 is 2.55 bits per heavy atom. The normalized spacial score (nSPS) is 10.9. The van der Waals surface area contributed by atoms with Crippen LogP contribution < -0.4 is 5.32 Å². The number of benzene rings is 2. The summed E-state index contributed by atoms with van der Waals surface area (Å²) in [5.41, 5.74) is 4.83. The van der Waals surface area contributed by atoms with E-state index in [1.165, 1.54) is 0 Å². The molecule has 0 unspecified atom stereocenters. The number of carbonyl (C=O) groups is 1. The summed E-state index contributed by atoms with van der Waals surface area (Å²) in [6, 6.07) is 13.9. The average molecular weight is 293 g/mol. The molecule has 0 aliphatic carbocycles. The van der Waals surface area contributed by atoms with E-state index in [1.54, 1.807) is 0 Å². The molecule has 0 aliphatic rings. The molecule has 1 N–H and O–H groups in total. The van der Waals surface area contributed by atoms with Crippen LogP contribution >= 0.6 is 0 Å². The van der Waals surface area contributed by atoms with Gasteiger partial charge in [-0.15, -0.1) is 0 Å². The fourth-order valence-corrected chi connectivity index (χ4v) is 2.79. The van der Waals surface area contributed by atoms with Crippen LogP contribution in [0.1, 0.15) is 27.2 Å². The summed E-state index contributed by atoms with van der Waals surface area (Å²) in [4.78, 5) is 12.3. The van der Waals surface area contributed by atoms with Gasteiger partial charge in [-0.3, -0.25) is 9.48 Å². The van der Waals surface area contributed by atoms with Crippen molar-refractivity contribution in [1.82, 2.24) is 15.1 Å². The number of fused-ring (bicyclic) bond motifs is 1.